The summed E-state index contributed by atoms with van der Waals surface area (Å²) in [6.45, 7) is 42.7. The number of benzene rings is 9. The van der Waals surface area contributed by atoms with Gasteiger partial charge in [-0.15, -0.1) is 0 Å². The Morgan fingerprint density at radius 1 is 0.268 bits per heavy atom. The van der Waals surface area contributed by atoms with Crippen LogP contribution in [0.3, 0.4) is 0 Å². The van der Waals surface area contributed by atoms with E-state index in [-0.39, 0.29) is 11.8 Å². The fraction of sp³-hybridized carbons (Fsp3) is 0.333. The molecule has 9 aromatic carbocycles. The van der Waals surface area contributed by atoms with Crippen LogP contribution in [0.4, 0.5) is 0 Å². The molecule has 2 amide bonds. The van der Waals surface area contributed by atoms with Gasteiger partial charge in [-0.05, 0) is 274 Å². The number of hydrogen-bond donors (Lipinski definition) is 0. The van der Waals surface area contributed by atoms with Crippen LogP contribution in [0.5, 0.6) is 46.0 Å². The monoisotopic (exact) mass is 1090 g/mol. The molecule has 10 nitrogen and oxygen atoms in total. The SMILES string of the molecule is CN=C1c2cc(Oc3c(C)c(C)c(C)c(C)c3C)c3c4c(Oc5c(C)c(C)c(C)c(C)c5C)cc5c6c(cc(Oc7c(C)c(C)c(C)c(C)c7C)c(c7c(Oc8c(C)c(C)c(C)c(C)c8C)cc(c2c73)C(=O)N1C)c64)C(=O)N(C)C5=NC. The number of fused-ring (bicyclic) bond motifs is 2. The number of amidine groups is 2. The third kappa shape index (κ3) is 7.44. The first-order valence-corrected chi connectivity index (χ1v) is 28.5. The Morgan fingerprint density at radius 3 is 0.646 bits per heavy atom. The molecular formula is C72H76N4O6. The minimum Gasteiger partial charge on any atom is -0.456 e. The van der Waals surface area contributed by atoms with E-state index in [1.54, 1.807) is 38.0 Å². The van der Waals surface area contributed by atoms with Crippen molar-refractivity contribution in [1.82, 2.24) is 9.80 Å². The smallest absolute Gasteiger partial charge is 0.259 e. The van der Waals surface area contributed by atoms with E-state index >= 15 is 9.59 Å². The Morgan fingerprint density at radius 2 is 0.451 bits per heavy atom. The molecule has 9 aromatic rings. The van der Waals surface area contributed by atoms with Crippen molar-refractivity contribution in [2.75, 3.05) is 28.2 Å². The molecule has 420 valence electrons. The number of aliphatic imine (C=N–C) groups is 2. The van der Waals surface area contributed by atoms with Gasteiger partial charge in [-0.3, -0.25) is 29.4 Å². The molecule has 0 aromatic heterocycles. The lowest BCUT2D eigenvalue weighted by atomic mass is 9.80. The average Bonchev–Trinajstić information content (AvgIpc) is 0.759. The second-order valence-electron chi connectivity index (χ2n) is 23.7. The van der Waals surface area contributed by atoms with Crippen molar-refractivity contribution in [2.45, 2.75) is 138 Å². The zero-order chi connectivity index (χ0) is 59.6. The minimum atomic E-state index is -0.236. The van der Waals surface area contributed by atoms with Crippen LogP contribution in [0.2, 0.25) is 0 Å². The van der Waals surface area contributed by atoms with E-state index in [9.17, 15) is 0 Å². The summed E-state index contributed by atoms with van der Waals surface area (Å²) < 4.78 is 30.8. The lowest BCUT2D eigenvalue weighted by Crippen LogP contribution is -2.38. The van der Waals surface area contributed by atoms with Gasteiger partial charge < -0.3 is 18.9 Å². The maximum absolute atomic E-state index is 15.5. The lowest BCUT2D eigenvalue weighted by molar-refractivity contribution is 0.0862. The first-order chi connectivity index (χ1) is 38.6. The Balaban J connectivity index is 1.50. The van der Waals surface area contributed by atoms with Crippen LogP contribution >= 0.6 is 0 Å². The number of amides is 2. The fourth-order valence-electron chi connectivity index (χ4n) is 13.5. The summed E-state index contributed by atoms with van der Waals surface area (Å²) in [6, 6.07) is 7.95. The first kappa shape index (κ1) is 55.7. The van der Waals surface area contributed by atoms with E-state index in [1.165, 1.54) is 22.3 Å². The molecular weight excluding hydrogens is 1020 g/mol. The van der Waals surface area contributed by atoms with Crippen molar-refractivity contribution in [1.29, 1.82) is 0 Å². The van der Waals surface area contributed by atoms with E-state index in [1.807, 2.05) is 12.1 Å². The molecule has 0 bridgehead atoms. The van der Waals surface area contributed by atoms with Crippen molar-refractivity contribution in [3.8, 4) is 46.0 Å². The Labute approximate surface area is 483 Å². The van der Waals surface area contributed by atoms with E-state index in [4.69, 9.17) is 28.9 Å². The highest BCUT2D eigenvalue weighted by Gasteiger charge is 2.40. The Bertz CT molecular complexity index is 4110. The van der Waals surface area contributed by atoms with Gasteiger partial charge in [0, 0.05) is 82.4 Å². The molecule has 2 aliphatic rings. The quantitative estimate of drug-likeness (QED) is 0.111. The largest absolute Gasteiger partial charge is 0.456 e. The number of hydrogen-bond acceptors (Lipinski definition) is 8. The van der Waals surface area contributed by atoms with Crippen LogP contribution in [0.1, 0.15) is 143 Å². The summed E-state index contributed by atoms with van der Waals surface area (Å²) in [6.07, 6.45) is 0. The van der Waals surface area contributed by atoms with Crippen LogP contribution in [-0.4, -0.2) is 61.5 Å². The van der Waals surface area contributed by atoms with Gasteiger partial charge in [0.15, 0.2) is 0 Å². The van der Waals surface area contributed by atoms with Crippen molar-refractivity contribution in [2.24, 2.45) is 9.98 Å². The number of carbonyl (C=O) groups is 2. The summed E-state index contributed by atoms with van der Waals surface area (Å²) in [4.78, 5) is 44.0. The average molecular weight is 1090 g/mol. The maximum Gasteiger partial charge on any atom is 0.259 e. The highest BCUT2D eigenvalue weighted by Crippen LogP contribution is 2.59. The summed E-state index contributed by atoms with van der Waals surface area (Å²) in [7, 11) is 7.01. The Hall–Kier alpha value is -8.24. The van der Waals surface area contributed by atoms with Crippen molar-refractivity contribution in [3.63, 3.8) is 0 Å². The molecule has 82 heavy (non-hydrogen) atoms. The molecule has 2 heterocycles. The number of carbonyl (C=O) groups excluding carboxylic acids is 2. The predicted octanol–water partition coefficient (Wildman–Crippen LogP) is 18.0. The molecule has 0 N–H and O–H groups in total. The van der Waals surface area contributed by atoms with E-state index < -0.39 is 0 Å². The van der Waals surface area contributed by atoms with Crippen molar-refractivity contribution >= 4 is 66.6 Å². The standard InChI is InChI=1S/C72H76N4O6/c1-29-33(5)41(13)65(42(14)34(29)6)79-53-25-49-57-51(71(77)75(23)69(49)73-21)27-55(81-67-45(17)37(9)31(3)38(10)46(67)18)61-62-56(82-68-47(19)39(11)32(4)40(12)48(68)20)28-52-58-50(70(74-22)76(24)72(52)78)26-54(60(64(58)62)59(53)63(57)61)80-66-43(15)35(7)30(2)36(8)44(66)16/h25-28H,1-24H3. The van der Waals surface area contributed by atoms with Crippen molar-refractivity contribution < 1.29 is 28.5 Å². The molecule has 0 spiro atoms. The molecule has 0 atom stereocenters. The summed E-state index contributed by atoms with van der Waals surface area (Å²) >= 11 is 0. The second-order valence-corrected chi connectivity index (χ2v) is 23.7. The van der Waals surface area contributed by atoms with Gasteiger partial charge in [-0.25, -0.2) is 0 Å². The van der Waals surface area contributed by atoms with Crippen LogP contribution in [0, 0.1) is 138 Å². The normalized spacial score (nSPS) is 14.4. The molecule has 11 rings (SSSR count). The van der Waals surface area contributed by atoms with Crippen LogP contribution in [-0.2, 0) is 0 Å². The van der Waals surface area contributed by atoms with Crippen LogP contribution < -0.4 is 18.9 Å². The van der Waals surface area contributed by atoms with Gasteiger partial charge in [0.2, 0.25) is 0 Å². The highest BCUT2D eigenvalue weighted by atomic mass is 16.5. The molecule has 0 unspecified atom stereocenters. The summed E-state index contributed by atoms with van der Waals surface area (Å²) in [5.41, 5.74) is 24.1. The van der Waals surface area contributed by atoms with E-state index in [0.717, 1.165) is 112 Å². The molecule has 10 heteroatoms. The Kier molecular flexibility index (Phi) is 13.0. The first-order valence-electron chi connectivity index (χ1n) is 28.5. The summed E-state index contributed by atoms with van der Waals surface area (Å²) in [5.74, 6) is 5.29. The van der Waals surface area contributed by atoms with E-state index in [0.29, 0.717) is 100 Å². The molecule has 2 aliphatic heterocycles. The van der Waals surface area contributed by atoms with Gasteiger partial charge >= 0.3 is 0 Å². The van der Waals surface area contributed by atoms with Gasteiger partial charge in [0.05, 0.1) is 11.1 Å². The molecule has 0 fully saturated rings. The highest BCUT2D eigenvalue weighted by molar-refractivity contribution is 6.45. The van der Waals surface area contributed by atoms with Gasteiger partial charge in [-0.1, -0.05) is 0 Å². The van der Waals surface area contributed by atoms with Crippen LogP contribution in [0.25, 0.3) is 43.1 Å². The minimum absolute atomic E-state index is 0.236. The van der Waals surface area contributed by atoms with Gasteiger partial charge in [0.1, 0.15) is 57.7 Å². The maximum atomic E-state index is 15.5. The predicted molar refractivity (Wildman–Crippen MR) is 338 cm³/mol. The zero-order valence-corrected chi connectivity index (χ0v) is 52.5. The zero-order valence-electron chi connectivity index (χ0n) is 52.5. The number of ether oxygens (including phenoxy) is 4. The second kappa shape index (κ2) is 19.2. The number of nitrogens with zero attached hydrogens (tertiary/aromatic N) is 4. The molecule has 0 saturated heterocycles. The third-order valence-corrected chi connectivity index (χ3v) is 20.3. The molecule has 0 aliphatic carbocycles. The molecule has 0 radical (unpaired) electrons. The lowest BCUT2D eigenvalue weighted by Gasteiger charge is -2.33. The van der Waals surface area contributed by atoms with Gasteiger partial charge in [-0.2, -0.15) is 0 Å². The van der Waals surface area contributed by atoms with E-state index in [2.05, 4.69) is 151 Å². The summed E-state index contributed by atoms with van der Waals surface area (Å²) in [5, 5.41) is 5.50. The van der Waals surface area contributed by atoms with Crippen LogP contribution in [0.15, 0.2) is 34.3 Å². The van der Waals surface area contributed by atoms with Gasteiger partial charge in [0.25, 0.3) is 11.8 Å². The topological polar surface area (TPSA) is 102 Å². The van der Waals surface area contributed by atoms with Crippen molar-refractivity contribution in [3.05, 3.63) is 158 Å². The fourth-order valence-corrected chi connectivity index (χ4v) is 13.5. The third-order valence-electron chi connectivity index (χ3n) is 20.3. The number of rotatable bonds is 8. The molecule has 0 saturated carbocycles.